The highest BCUT2D eigenvalue weighted by atomic mass is 19.1. The Morgan fingerprint density at radius 2 is 2.11 bits per heavy atom. The van der Waals surface area contributed by atoms with Gasteiger partial charge in [-0.2, -0.15) is 0 Å². The molecule has 1 aromatic rings. The van der Waals surface area contributed by atoms with Crippen LogP contribution >= 0.6 is 0 Å². The van der Waals surface area contributed by atoms with Crippen molar-refractivity contribution >= 4 is 11.6 Å². The van der Waals surface area contributed by atoms with E-state index in [-0.39, 0.29) is 19.3 Å². The lowest BCUT2D eigenvalue weighted by atomic mass is 10.1. The summed E-state index contributed by atoms with van der Waals surface area (Å²) in [5, 5.41) is 2.42. The summed E-state index contributed by atoms with van der Waals surface area (Å²) in [5.41, 5.74) is 4.40. The number of halogens is 2. The molecule has 0 aliphatic carbocycles. The van der Waals surface area contributed by atoms with Gasteiger partial charge >= 0.3 is 0 Å². The summed E-state index contributed by atoms with van der Waals surface area (Å²) in [4.78, 5) is 11.7. The predicted molar refractivity (Wildman–Crippen MR) is 65.8 cm³/mol. The van der Waals surface area contributed by atoms with Crippen LogP contribution in [-0.4, -0.2) is 39.4 Å². The van der Waals surface area contributed by atoms with Crippen molar-refractivity contribution < 1.29 is 23.0 Å². The first-order valence-electron chi connectivity index (χ1n) is 5.54. The molecule has 0 heterocycles. The number of anilines is 1. The zero-order valence-electron chi connectivity index (χ0n) is 10.7. The van der Waals surface area contributed by atoms with Crippen molar-refractivity contribution in [2.75, 3.05) is 33.1 Å². The highest BCUT2D eigenvalue weighted by molar-refractivity contribution is 5.95. The fraction of sp³-hybridized carbons (Fsp3) is 0.417. The maximum absolute atomic E-state index is 13.6. The van der Waals surface area contributed by atoms with Crippen molar-refractivity contribution in [1.82, 2.24) is 5.32 Å². The molecule has 3 N–H and O–H groups in total. The molecule has 0 aliphatic rings. The van der Waals surface area contributed by atoms with Gasteiger partial charge < -0.3 is 20.5 Å². The van der Waals surface area contributed by atoms with Crippen LogP contribution in [0.5, 0.6) is 0 Å². The predicted octanol–water partition coefficient (Wildman–Crippen LogP) is 0.938. The van der Waals surface area contributed by atoms with Crippen LogP contribution in [0.15, 0.2) is 12.1 Å². The summed E-state index contributed by atoms with van der Waals surface area (Å²) in [6.45, 7) is 0.379. The molecule has 1 rings (SSSR count). The summed E-state index contributed by atoms with van der Waals surface area (Å²) >= 11 is 0. The van der Waals surface area contributed by atoms with E-state index in [1.165, 1.54) is 14.2 Å². The minimum absolute atomic E-state index is 0.110. The first-order valence-corrected chi connectivity index (χ1v) is 5.54. The van der Waals surface area contributed by atoms with Gasteiger partial charge in [-0.1, -0.05) is 0 Å². The van der Waals surface area contributed by atoms with Gasteiger partial charge in [0.25, 0.3) is 5.91 Å². The first-order chi connectivity index (χ1) is 8.99. The lowest BCUT2D eigenvalue weighted by molar-refractivity contribution is 0.0285. The second-order valence-electron chi connectivity index (χ2n) is 3.88. The third-order valence-corrected chi connectivity index (χ3v) is 2.49. The number of carbonyl (C=O) groups is 1. The molecular formula is C12H16F2N2O3. The highest BCUT2D eigenvalue weighted by Crippen LogP contribution is 2.17. The van der Waals surface area contributed by atoms with Crippen LogP contribution in [0, 0.1) is 11.6 Å². The average molecular weight is 274 g/mol. The van der Waals surface area contributed by atoms with Gasteiger partial charge in [-0.15, -0.1) is 0 Å². The van der Waals surface area contributed by atoms with Crippen molar-refractivity contribution in [3.05, 3.63) is 29.3 Å². The quantitative estimate of drug-likeness (QED) is 0.757. The molecule has 7 heteroatoms. The van der Waals surface area contributed by atoms with E-state index >= 15 is 0 Å². The van der Waals surface area contributed by atoms with E-state index in [0.29, 0.717) is 0 Å². The Morgan fingerprint density at radius 3 is 2.68 bits per heavy atom. The van der Waals surface area contributed by atoms with Crippen molar-refractivity contribution in [1.29, 1.82) is 0 Å². The van der Waals surface area contributed by atoms with Crippen LogP contribution in [-0.2, 0) is 9.47 Å². The number of carbonyl (C=O) groups excluding carboxylic acids is 1. The van der Waals surface area contributed by atoms with Gasteiger partial charge in [0.1, 0.15) is 5.82 Å². The minimum atomic E-state index is -0.945. The number of methoxy groups -OCH3 is 2. The smallest absolute Gasteiger partial charge is 0.254 e. The SMILES string of the molecule is COCC(CNC(=O)c1cc(F)cc(N)c1F)OC. The molecular weight excluding hydrogens is 258 g/mol. The minimum Gasteiger partial charge on any atom is -0.396 e. The first kappa shape index (κ1) is 15.3. The number of rotatable bonds is 6. The maximum atomic E-state index is 13.6. The number of nitrogen functional groups attached to an aromatic ring is 1. The van der Waals surface area contributed by atoms with E-state index in [2.05, 4.69) is 5.32 Å². The van der Waals surface area contributed by atoms with Crippen molar-refractivity contribution in [2.24, 2.45) is 0 Å². The van der Waals surface area contributed by atoms with E-state index in [1.807, 2.05) is 0 Å². The Balaban J connectivity index is 2.73. The average Bonchev–Trinajstić information content (AvgIpc) is 2.38. The second kappa shape index (κ2) is 7.01. The number of nitrogens with one attached hydrogen (secondary N) is 1. The Morgan fingerprint density at radius 1 is 1.42 bits per heavy atom. The van der Waals surface area contributed by atoms with Crippen LogP contribution in [0.3, 0.4) is 0 Å². The van der Waals surface area contributed by atoms with Gasteiger partial charge in [-0.3, -0.25) is 4.79 Å². The van der Waals surface area contributed by atoms with Gasteiger partial charge in [0, 0.05) is 20.8 Å². The molecule has 0 aliphatic heterocycles. The molecule has 1 amide bonds. The molecule has 5 nitrogen and oxygen atoms in total. The molecule has 0 bridgehead atoms. The number of nitrogens with two attached hydrogens (primary N) is 1. The van der Waals surface area contributed by atoms with Gasteiger partial charge in [-0.05, 0) is 12.1 Å². The lowest BCUT2D eigenvalue weighted by Crippen LogP contribution is -2.36. The lowest BCUT2D eigenvalue weighted by Gasteiger charge is -2.15. The van der Waals surface area contributed by atoms with E-state index < -0.39 is 28.8 Å². The summed E-state index contributed by atoms with van der Waals surface area (Å²) in [7, 11) is 2.94. The zero-order chi connectivity index (χ0) is 14.4. The van der Waals surface area contributed by atoms with Gasteiger partial charge in [0.15, 0.2) is 5.82 Å². The van der Waals surface area contributed by atoms with Crippen molar-refractivity contribution in [3.8, 4) is 0 Å². The van der Waals surface area contributed by atoms with Crippen LogP contribution in [0.25, 0.3) is 0 Å². The molecule has 1 atom stereocenters. The number of amides is 1. The normalized spacial score (nSPS) is 12.2. The zero-order valence-corrected chi connectivity index (χ0v) is 10.7. The van der Waals surface area contributed by atoms with Crippen LogP contribution in [0.1, 0.15) is 10.4 Å². The Bertz CT molecular complexity index is 455. The van der Waals surface area contributed by atoms with Crippen LogP contribution in [0.4, 0.5) is 14.5 Å². The van der Waals surface area contributed by atoms with E-state index in [4.69, 9.17) is 15.2 Å². The fourth-order valence-corrected chi connectivity index (χ4v) is 1.47. The molecule has 0 fully saturated rings. The summed E-state index contributed by atoms with van der Waals surface area (Å²) in [5.74, 6) is -2.48. The standard InChI is InChI=1S/C12H16F2N2O3/c1-18-6-8(19-2)5-16-12(17)9-3-7(13)4-10(15)11(9)14/h3-4,8H,5-6,15H2,1-2H3,(H,16,17). The van der Waals surface area contributed by atoms with Crippen molar-refractivity contribution in [3.63, 3.8) is 0 Å². The topological polar surface area (TPSA) is 73.6 Å². The van der Waals surface area contributed by atoms with Gasteiger partial charge in [0.2, 0.25) is 0 Å². The van der Waals surface area contributed by atoms with Gasteiger partial charge in [0.05, 0.1) is 24.0 Å². The summed E-state index contributed by atoms with van der Waals surface area (Å²) in [6, 6.07) is 1.61. The number of hydrogen-bond donors (Lipinski definition) is 2. The number of benzene rings is 1. The molecule has 0 saturated carbocycles. The molecule has 0 saturated heterocycles. The molecule has 1 aromatic carbocycles. The molecule has 1 unspecified atom stereocenters. The third-order valence-electron chi connectivity index (χ3n) is 2.49. The third kappa shape index (κ3) is 4.15. The second-order valence-corrected chi connectivity index (χ2v) is 3.88. The van der Waals surface area contributed by atoms with Crippen molar-refractivity contribution in [2.45, 2.75) is 6.10 Å². The van der Waals surface area contributed by atoms with Crippen LogP contribution in [0.2, 0.25) is 0 Å². The van der Waals surface area contributed by atoms with E-state index in [1.54, 1.807) is 0 Å². The summed E-state index contributed by atoms with van der Waals surface area (Å²) < 4.78 is 36.5. The van der Waals surface area contributed by atoms with E-state index in [0.717, 1.165) is 12.1 Å². The molecule has 106 valence electrons. The number of ether oxygens (including phenoxy) is 2. The monoisotopic (exact) mass is 274 g/mol. The van der Waals surface area contributed by atoms with Crippen LogP contribution < -0.4 is 11.1 Å². The maximum Gasteiger partial charge on any atom is 0.254 e. The Kier molecular flexibility index (Phi) is 5.65. The highest BCUT2D eigenvalue weighted by Gasteiger charge is 2.17. The Labute approximate surface area is 109 Å². The summed E-state index contributed by atoms with van der Waals surface area (Å²) in [6.07, 6.45) is -0.372. The largest absolute Gasteiger partial charge is 0.396 e. The Hall–Kier alpha value is -1.73. The number of hydrogen-bond acceptors (Lipinski definition) is 4. The molecule has 19 heavy (non-hydrogen) atoms. The molecule has 0 radical (unpaired) electrons. The van der Waals surface area contributed by atoms with E-state index in [9.17, 15) is 13.6 Å². The fourth-order valence-electron chi connectivity index (χ4n) is 1.47. The molecule has 0 spiro atoms. The molecule has 0 aromatic heterocycles. The van der Waals surface area contributed by atoms with Gasteiger partial charge in [-0.25, -0.2) is 8.78 Å².